The van der Waals surface area contributed by atoms with Crippen molar-refractivity contribution in [3.8, 4) is 0 Å². The lowest BCUT2D eigenvalue weighted by molar-refractivity contribution is 0.200. The number of aliphatic hydroxyl groups excluding tert-OH is 1. The summed E-state index contributed by atoms with van der Waals surface area (Å²) in [6, 6.07) is 0. The summed E-state index contributed by atoms with van der Waals surface area (Å²) in [4.78, 5) is 0. The highest BCUT2D eigenvalue weighted by molar-refractivity contribution is 5.10. The van der Waals surface area contributed by atoms with E-state index < -0.39 is 5.60 Å². The maximum absolute atomic E-state index is 9.06. The molecule has 8 heavy (non-hydrogen) atoms. The van der Waals surface area contributed by atoms with Crippen molar-refractivity contribution in [1.29, 1.82) is 0 Å². The summed E-state index contributed by atoms with van der Waals surface area (Å²) in [7, 11) is 0. The van der Waals surface area contributed by atoms with Crippen LogP contribution >= 0.6 is 0 Å². The second-order valence-electron chi connectivity index (χ2n) is 2.19. The zero-order valence-electron chi connectivity index (χ0n) is 4.67. The van der Waals surface area contributed by atoms with Crippen LogP contribution in [0.5, 0.6) is 0 Å². The number of hydrogen-bond acceptors (Lipinski definition) is 2. The third-order valence-electron chi connectivity index (χ3n) is 1.30. The fourth-order valence-corrected chi connectivity index (χ4v) is 0.567. The van der Waals surface area contributed by atoms with E-state index in [-0.39, 0.29) is 6.61 Å². The first-order valence-corrected chi connectivity index (χ1v) is 2.78. The van der Waals surface area contributed by atoms with E-state index in [1.807, 2.05) is 0 Å². The Morgan fingerprint density at radius 3 is 2.50 bits per heavy atom. The fraction of sp³-hybridized carbons (Fsp3) is 0.667. The minimum absolute atomic E-state index is 0.0301. The van der Waals surface area contributed by atoms with E-state index in [9.17, 15) is 0 Å². The van der Waals surface area contributed by atoms with Gasteiger partial charge in [0, 0.05) is 0 Å². The second-order valence-corrected chi connectivity index (χ2v) is 2.19. The SMILES string of the molecule is OC/C=C/C1(O)CC1. The Kier molecular flexibility index (Phi) is 1.36. The molecule has 0 heterocycles. The minimum Gasteiger partial charge on any atom is -0.392 e. The summed E-state index contributed by atoms with van der Waals surface area (Å²) in [5.41, 5.74) is -0.539. The van der Waals surface area contributed by atoms with E-state index >= 15 is 0 Å². The van der Waals surface area contributed by atoms with Crippen LogP contribution in [0.25, 0.3) is 0 Å². The lowest BCUT2D eigenvalue weighted by Gasteiger charge is -1.94. The second kappa shape index (κ2) is 1.88. The van der Waals surface area contributed by atoms with Crippen LogP contribution in [0.1, 0.15) is 12.8 Å². The number of hydrogen-bond donors (Lipinski definition) is 2. The summed E-state index contributed by atoms with van der Waals surface area (Å²) in [5.74, 6) is 0. The Morgan fingerprint density at radius 1 is 1.50 bits per heavy atom. The molecule has 1 saturated carbocycles. The van der Waals surface area contributed by atoms with Crippen molar-refractivity contribution >= 4 is 0 Å². The van der Waals surface area contributed by atoms with Crippen LogP contribution in [0, 0.1) is 0 Å². The van der Waals surface area contributed by atoms with E-state index in [1.54, 1.807) is 12.2 Å². The van der Waals surface area contributed by atoms with Crippen LogP contribution in [-0.2, 0) is 0 Å². The third kappa shape index (κ3) is 1.32. The van der Waals surface area contributed by atoms with Crippen LogP contribution in [0.15, 0.2) is 12.2 Å². The molecule has 0 aliphatic heterocycles. The highest BCUT2D eigenvalue weighted by Gasteiger charge is 2.36. The molecule has 0 aromatic heterocycles. The van der Waals surface area contributed by atoms with Crippen LogP contribution in [-0.4, -0.2) is 22.4 Å². The third-order valence-corrected chi connectivity index (χ3v) is 1.30. The maximum Gasteiger partial charge on any atom is 0.0830 e. The van der Waals surface area contributed by atoms with Crippen molar-refractivity contribution in [2.24, 2.45) is 0 Å². The summed E-state index contributed by atoms with van der Waals surface area (Å²) >= 11 is 0. The van der Waals surface area contributed by atoms with Crippen molar-refractivity contribution in [3.05, 3.63) is 12.2 Å². The summed E-state index contributed by atoms with van der Waals surface area (Å²) in [6.45, 7) is 0.0301. The maximum atomic E-state index is 9.06. The van der Waals surface area contributed by atoms with Crippen LogP contribution in [0.3, 0.4) is 0 Å². The van der Waals surface area contributed by atoms with Gasteiger partial charge in [0.15, 0.2) is 0 Å². The Morgan fingerprint density at radius 2 is 2.12 bits per heavy atom. The van der Waals surface area contributed by atoms with Crippen LogP contribution in [0.2, 0.25) is 0 Å². The van der Waals surface area contributed by atoms with Crippen molar-refractivity contribution in [1.82, 2.24) is 0 Å². The van der Waals surface area contributed by atoms with Crippen molar-refractivity contribution in [3.63, 3.8) is 0 Å². The molecule has 0 amide bonds. The average Bonchev–Trinajstić information content (AvgIpc) is 2.45. The molecule has 46 valence electrons. The van der Waals surface area contributed by atoms with Gasteiger partial charge in [-0.1, -0.05) is 12.2 Å². The standard InChI is InChI=1S/C6H10O2/c7-5-1-2-6(8)3-4-6/h1-2,7-8H,3-5H2/b2-1+. The predicted molar refractivity (Wildman–Crippen MR) is 30.4 cm³/mol. The quantitative estimate of drug-likeness (QED) is 0.498. The van der Waals surface area contributed by atoms with E-state index in [1.165, 1.54) is 0 Å². The number of rotatable bonds is 2. The predicted octanol–water partition coefficient (Wildman–Crippen LogP) is 0.0598. The van der Waals surface area contributed by atoms with Crippen molar-refractivity contribution < 1.29 is 10.2 Å². The molecule has 2 heteroatoms. The molecule has 2 nitrogen and oxygen atoms in total. The Balaban J connectivity index is 2.27. The van der Waals surface area contributed by atoms with E-state index in [0.717, 1.165) is 12.8 Å². The van der Waals surface area contributed by atoms with E-state index in [2.05, 4.69) is 0 Å². The molecule has 1 fully saturated rings. The first kappa shape index (κ1) is 5.79. The van der Waals surface area contributed by atoms with E-state index in [0.29, 0.717) is 0 Å². The van der Waals surface area contributed by atoms with Gasteiger partial charge in [0.2, 0.25) is 0 Å². The first-order valence-electron chi connectivity index (χ1n) is 2.78. The smallest absolute Gasteiger partial charge is 0.0830 e. The van der Waals surface area contributed by atoms with Gasteiger partial charge in [0.1, 0.15) is 0 Å². The normalized spacial score (nSPS) is 24.2. The van der Waals surface area contributed by atoms with Gasteiger partial charge in [0.05, 0.1) is 12.2 Å². The molecule has 2 N–H and O–H groups in total. The molecule has 0 aromatic rings. The fourth-order valence-electron chi connectivity index (χ4n) is 0.567. The van der Waals surface area contributed by atoms with E-state index in [4.69, 9.17) is 10.2 Å². The molecule has 0 bridgehead atoms. The van der Waals surface area contributed by atoms with Gasteiger partial charge in [0.25, 0.3) is 0 Å². The van der Waals surface area contributed by atoms with Gasteiger partial charge in [-0.2, -0.15) is 0 Å². The molecule has 0 aromatic carbocycles. The topological polar surface area (TPSA) is 40.5 Å². The summed E-state index contributed by atoms with van der Waals surface area (Å²) in [5, 5.41) is 17.3. The summed E-state index contributed by atoms with van der Waals surface area (Å²) in [6.07, 6.45) is 4.94. The minimum atomic E-state index is -0.539. The molecule has 0 atom stereocenters. The molecular weight excluding hydrogens is 104 g/mol. The highest BCUT2D eigenvalue weighted by atomic mass is 16.3. The Bertz CT molecular complexity index is 103. The van der Waals surface area contributed by atoms with Gasteiger partial charge < -0.3 is 10.2 Å². The monoisotopic (exact) mass is 114 g/mol. The van der Waals surface area contributed by atoms with Gasteiger partial charge in [-0.3, -0.25) is 0 Å². The molecule has 1 aliphatic carbocycles. The largest absolute Gasteiger partial charge is 0.392 e. The van der Waals surface area contributed by atoms with Crippen LogP contribution < -0.4 is 0 Å². The van der Waals surface area contributed by atoms with Gasteiger partial charge >= 0.3 is 0 Å². The molecule has 0 saturated heterocycles. The zero-order chi connectivity index (χ0) is 6.04. The number of aliphatic hydroxyl groups is 2. The molecule has 0 spiro atoms. The molecular formula is C6H10O2. The van der Waals surface area contributed by atoms with Crippen molar-refractivity contribution in [2.45, 2.75) is 18.4 Å². The molecule has 0 unspecified atom stereocenters. The Hall–Kier alpha value is -0.340. The summed E-state index contributed by atoms with van der Waals surface area (Å²) < 4.78 is 0. The Labute approximate surface area is 48.5 Å². The van der Waals surface area contributed by atoms with Gasteiger partial charge in [-0.25, -0.2) is 0 Å². The average molecular weight is 114 g/mol. The molecule has 1 aliphatic rings. The molecule has 0 radical (unpaired) electrons. The lowest BCUT2D eigenvalue weighted by atomic mass is 10.3. The zero-order valence-corrected chi connectivity index (χ0v) is 4.67. The highest BCUT2D eigenvalue weighted by Crippen LogP contribution is 2.35. The van der Waals surface area contributed by atoms with Crippen LogP contribution in [0.4, 0.5) is 0 Å². The molecule has 1 rings (SSSR count). The van der Waals surface area contributed by atoms with Gasteiger partial charge in [-0.15, -0.1) is 0 Å². The lowest BCUT2D eigenvalue weighted by Crippen LogP contribution is -1.99. The van der Waals surface area contributed by atoms with Crippen molar-refractivity contribution in [2.75, 3.05) is 6.61 Å². The van der Waals surface area contributed by atoms with Gasteiger partial charge in [-0.05, 0) is 12.8 Å². The first-order chi connectivity index (χ1) is 3.77.